The van der Waals surface area contributed by atoms with Crippen LogP contribution in [0.3, 0.4) is 0 Å². The number of hydrogen-bond acceptors (Lipinski definition) is 4. The molecule has 2 aliphatic rings. The number of carbonyl (C=O) groups is 1. The van der Waals surface area contributed by atoms with Crippen molar-refractivity contribution in [1.82, 2.24) is 4.90 Å². The molecule has 2 heterocycles. The molecule has 2 aliphatic heterocycles. The van der Waals surface area contributed by atoms with Crippen LogP contribution in [0.25, 0.3) is 0 Å². The maximum atomic E-state index is 14.1. The highest BCUT2D eigenvalue weighted by atomic mass is 32.2. The summed E-state index contributed by atoms with van der Waals surface area (Å²) in [6, 6.07) is 12.7. The molecular formula is C23H26FNO3S. The number of nitrogens with zero attached hydrogens (tertiary/aromatic N) is 1. The predicted molar refractivity (Wildman–Crippen MR) is 113 cm³/mol. The Morgan fingerprint density at radius 1 is 1.24 bits per heavy atom. The second kappa shape index (κ2) is 8.27. The van der Waals surface area contributed by atoms with Crippen LogP contribution in [0, 0.1) is 5.82 Å². The summed E-state index contributed by atoms with van der Waals surface area (Å²) in [5.74, 6) is 1.93. The molecule has 0 saturated carbocycles. The summed E-state index contributed by atoms with van der Waals surface area (Å²) in [6.07, 6.45) is 1.56. The maximum Gasteiger partial charge on any atom is 0.260 e. The molecule has 1 fully saturated rings. The van der Waals surface area contributed by atoms with Crippen molar-refractivity contribution in [2.45, 2.75) is 37.5 Å². The largest absolute Gasteiger partial charge is 0.483 e. The molecule has 6 heteroatoms. The lowest BCUT2D eigenvalue weighted by atomic mass is 10.0. The second-order valence-electron chi connectivity index (χ2n) is 8.12. The van der Waals surface area contributed by atoms with Crippen LogP contribution >= 0.6 is 11.8 Å². The van der Waals surface area contributed by atoms with E-state index in [9.17, 15) is 9.18 Å². The van der Waals surface area contributed by atoms with E-state index in [2.05, 4.69) is 0 Å². The van der Waals surface area contributed by atoms with E-state index in [0.29, 0.717) is 18.8 Å². The summed E-state index contributed by atoms with van der Waals surface area (Å²) in [5.41, 5.74) is 1.58. The fraction of sp³-hybridized carbons (Fsp3) is 0.435. The van der Waals surface area contributed by atoms with E-state index in [1.54, 1.807) is 17.8 Å². The van der Waals surface area contributed by atoms with Crippen LogP contribution in [0.4, 0.5) is 4.39 Å². The predicted octanol–water partition coefficient (Wildman–Crippen LogP) is 4.62. The van der Waals surface area contributed by atoms with Gasteiger partial charge in [0.2, 0.25) is 0 Å². The van der Waals surface area contributed by atoms with E-state index in [4.69, 9.17) is 9.47 Å². The molecule has 0 bridgehead atoms. The van der Waals surface area contributed by atoms with Gasteiger partial charge >= 0.3 is 0 Å². The van der Waals surface area contributed by atoms with Gasteiger partial charge in [-0.2, -0.15) is 11.8 Å². The average Bonchev–Trinajstić information content (AvgIpc) is 2.86. The summed E-state index contributed by atoms with van der Waals surface area (Å²) < 4.78 is 26.0. The molecular weight excluding hydrogens is 389 g/mol. The lowest BCUT2D eigenvalue weighted by Gasteiger charge is -2.21. The molecule has 154 valence electrons. The van der Waals surface area contributed by atoms with Crippen molar-refractivity contribution < 1.29 is 18.7 Å². The number of para-hydroxylation sites is 1. The van der Waals surface area contributed by atoms with Crippen molar-refractivity contribution in [3.8, 4) is 11.5 Å². The molecule has 1 amide bonds. The molecule has 4 nitrogen and oxygen atoms in total. The first-order valence-corrected chi connectivity index (χ1v) is 11.1. The van der Waals surface area contributed by atoms with Gasteiger partial charge in [-0.15, -0.1) is 0 Å². The Bertz CT molecular complexity index is 901. The van der Waals surface area contributed by atoms with Crippen LogP contribution in [0.2, 0.25) is 0 Å². The highest BCUT2D eigenvalue weighted by Crippen LogP contribution is 2.41. The van der Waals surface area contributed by atoms with Gasteiger partial charge < -0.3 is 14.4 Å². The van der Waals surface area contributed by atoms with Gasteiger partial charge in [0.1, 0.15) is 11.4 Å². The Hall–Kier alpha value is -2.21. The standard InChI is InChI=1S/C23H26FNO3S/c1-23(2)14-16-6-5-9-19(22(16)28-23)27-15-21(26)25-11-10-20(29-13-12-25)17-7-3-4-8-18(17)24/h3-9,20H,10-15H2,1-2H3/t20-/m0/s1. The number of halogens is 1. The summed E-state index contributed by atoms with van der Waals surface area (Å²) in [6.45, 7) is 5.32. The van der Waals surface area contributed by atoms with Gasteiger partial charge in [0, 0.05) is 41.6 Å². The molecule has 0 N–H and O–H groups in total. The van der Waals surface area contributed by atoms with Gasteiger partial charge in [0.15, 0.2) is 18.1 Å². The van der Waals surface area contributed by atoms with Crippen molar-refractivity contribution in [2.75, 3.05) is 25.4 Å². The van der Waals surface area contributed by atoms with E-state index >= 15 is 0 Å². The molecule has 0 spiro atoms. The van der Waals surface area contributed by atoms with E-state index in [-0.39, 0.29) is 29.2 Å². The minimum absolute atomic E-state index is 0.0186. The fourth-order valence-corrected chi connectivity index (χ4v) is 5.19. The second-order valence-corrected chi connectivity index (χ2v) is 9.43. The summed E-state index contributed by atoms with van der Waals surface area (Å²) in [5, 5.41) is 0.0722. The van der Waals surface area contributed by atoms with Crippen molar-refractivity contribution >= 4 is 17.7 Å². The number of benzene rings is 2. The monoisotopic (exact) mass is 415 g/mol. The van der Waals surface area contributed by atoms with Crippen LogP contribution in [0.1, 0.15) is 36.6 Å². The fourth-order valence-electron chi connectivity index (χ4n) is 3.94. The third kappa shape index (κ3) is 4.53. The van der Waals surface area contributed by atoms with Crippen molar-refractivity contribution in [3.63, 3.8) is 0 Å². The number of carbonyl (C=O) groups excluding carboxylic acids is 1. The first-order valence-electron chi connectivity index (χ1n) is 10.0. The van der Waals surface area contributed by atoms with E-state index in [1.165, 1.54) is 6.07 Å². The topological polar surface area (TPSA) is 38.8 Å². The Balaban J connectivity index is 1.36. The Kier molecular flexibility index (Phi) is 5.72. The van der Waals surface area contributed by atoms with Crippen LogP contribution in [0.5, 0.6) is 11.5 Å². The number of hydrogen-bond donors (Lipinski definition) is 0. The van der Waals surface area contributed by atoms with Crippen molar-refractivity contribution in [1.29, 1.82) is 0 Å². The van der Waals surface area contributed by atoms with E-state index < -0.39 is 0 Å². The summed E-state index contributed by atoms with van der Waals surface area (Å²) in [7, 11) is 0. The van der Waals surface area contributed by atoms with E-state index in [0.717, 1.165) is 35.5 Å². The van der Waals surface area contributed by atoms with Gasteiger partial charge in [0.25, 0.3) is 5.91 Å². The summed E-state index contributed by atoms with van der Waals surface area (Å²) >= 11 is 1.71. The maximum absolute atomic E-state index is 14.1. The Morgan fingerprint density at radius 3 is 2.90 bits per heavy atom. The van der Waals surface area contributed by atoms with Crippen LogP contribution in [0.15, 0.2) is 42.5 Å². The van der Waals surface area contributed by atoms with Crippen LogP contribution in [-0.4, -0.2) is 41.9 Å². The minimum Gasteiger partial charge on any atom is -0.483 e. The SMILES string of the molecule is CC1(C)Cc2cccc(OCC(=O)N3CCS[C@H](c4ccccc4F)CC3)c2O1. The smallest absolute Gasteiger partial charge is 0.260 e. The zero-order valence-electron chi connectivity index (χ0n) is 16.8. The van der Waals surface area contributed by atoms with Gasteiger partial charge in [-0.05, 0) is 32.4 Å². The van der Waals surface area contributed by atoms with Crippen molar-refractivity contribution in [2.24, 2.45) is 0 Å². The molecule has 1 atom stereocenters. The third-order valence-electron chi connectivity index (χ3n) is 5.35. The lowest BCUT2D eigenvalue weighted by Crippen LogP contribution is -2.36. The molecule has 0 aromatic heterocycles. The summed E-state index contributed by atoms with van der Waals surface area (Å²) in [4.78, 5) is 14.6. The molecule has 1 saturated heterocycles. The zero-order valence-corrected chi connectivity index (χ0v) is 17.6. The highest BCUT2D eigenvalue weighted by molar-refractivity contribution is 7.99. The molecule has 0 radical (unpaired) electrons. The molecule has 0 aliphatic carbocycles. The van der Waals surface area contributed by atoms with Crippen LogP contribution < -0.4 is 9.47 Å². The normalized spacial score (nSPS) is 20.5. The molecule has 0 unspecified atom stereocenters. The number of fused-ring (bicyclic) bond motifs is 1. The van der Waals surface area contributed by atoms with Gasteiger partial charge in [-0.25, -0.2) is 4.39 Å². The van der Waals surface area contributed by atoms with E-state index in [1.807, 2.05) is 49.1 Å². The highest BCUT2D eigenvalue weighted by Gasteiger charge is 2.32. The third-order valence-corrected chi connectivity index (χ3v) is 6.66. The first-order chi connectivity index (χ1) is 13.9. The quantitative estimate of drug-likeness (QED) is 0.730. The molecule has 29 heavy (non-hydrogen) atoms. The van der Waals surface area contributed by atoms with Gasteiger partial charge in [0.05, 0.1) is 0 Å². The number of rotatable bonds is 4. The molecule has 2 aromatic carbocycles. The lowest BCUT2D eigenvalue weighted by molar-refractivity contribution is -0.133. The first kappa shape index (κ1) is 20.1. The zero-order chi connectivity index (χ0) is 20.4. The van der Waals surface area contributed by atoms with Gasteiger partial charge in [-0.3, -0.25) is 4.79 Å². The number of thioether (sulfide) groups is 1. The molecule has 4 rings (SSSR count). The number of amides is 1. The minimum atomic E-state index is -0.254. The van der Waals surface area contributed by atoms with Gasteiger partial charge in [-0.1, -0.05) is 30.3 Å². The average molecular weight is 416 g/mol. The van der Waals surface area contributed by atoms with Crippen molar-refractivity contribution in [3.05, 3.63) is 59.4 Å². The Morgan fingerprint density at radius 2 is 2.07 bits per heavy atom. The molecule has 2 aromatic rings. The Labute approximate surface area is 175 Å². The number of ether oxygens (including phenoxy) is 2. The van der Waals surface area contributed by atoms with Crippen LogP contribution in [-0.2, 0) is 11.2 Å².